The SMILES string of the molecule is Cc1ccc(CNC(=O)c2cnn(C(F)F)c2)n1C. The van der Waals surface area contributed by atoms with Crippen LogP contribution in [0.3, 0.4) is 0 Å². The minimum Gasteiger partial charge on any atom is -0.350 e. The zero-order chi connectivity index (χ0) is 14.0. The molecule has 0 radical (unpaired) electrons. The summed E-state index contributed by atoms with van der Waals surface area (Å²) < 4.78 is 27.0. The number of hydrogen-bond acceptors (Lipinski definition) is 2. The van der Waals surface area contributed by atoms with Crippen molar-refractivity contribution in [2.45, 2.75) is 20.0 Å². The van der Waals surface area contributed by atoms with Crippen LogP contribution in [0.1, 0.15) is 28.3 Å². The van der Waals surface area contributed by atoms with Crippen LogP contribution < -0.4 is 5.32 Å². The smallest absolute Gasteiger partial charge is 0.333 e. The Morgan fingerprint density at radius 3 is 2.74 bits per heavy atom. The summed E-state index contributed by atoms with van der Waals surface area (Å²) in [4.78, 5) is 11.8. The normalized spacial score (nSPS) is 11.0. The Balaban J connectivity index is 1.99. The van der Waals surface area contributed by atoms with Gasteiger partial charge in [0.25, 0.3) is 5.91 Å². The number of nitrogens with one attached hydrogen (secondary N) is 1. The fraction of sp³-hybridized carbons (Fsp3) is 0.333. The Bertz CT molecular complexity index is 588. The number of amides is 1. The number of aromatic nitrogens is 3. The van der Waals surface area contributed by atoms with Crippen molar-refractivity contribution in [3.8, 4) is 0 Å². The Morgan fingerprint density at radius 2 is 2.21 bits per heavy atom. The third-order valence-corrected chi connectivity index (χ3v) is 2.97. The summed E-state index contributed by atoms with van der Waals surface area (Å²) in [7, 11) is 1.89. The Hall–Kier alpha value is -2.18. The molecule has 1 amide bonds. The number of halogens is 2. The van der Waals surface area contributed by atoms with Crippen LogP contribution >= 0.6 is 0 Å². The molecule has 0 fully saturated rings. The van der Waals surface area contributed by atoms with Gasteiger partial charge in [0.1, 0.15) is 0 Å². The predicted octanol–water partition coefficient (Wildman–Crippen LogP) is 1.86. The van der Waals surface area contributed by atoms with Gasteiger partial charge in [0.2, 0.25) is 0 Å². The quantitative estimate of drug-likeness (QED) is 0.920. The van der Waals surface area contributed by atoms with Crippen molar-refractivity contribution in [2.75, 3.05) is 0 Å². The second-order valence-electron chi connectivity index (χ2n) is 4.19. The second-order valence-corrected chi connectivity index (χ2v) is 4.19. The van der Waals surface area contributed by atoms with Crippen molar-refractivity contribution >= 4 is 5.91 Å². The van der Waals surface area contributed by atoms with E-state index in [0.29, 0.717) is 11.2 Å². The van der Waals surface area contributed by atoms with Crippen molar-refractivity contribution in [3.63, 3.8) is 0 Å². The maximum absolute atomic E-state index is 12.3. The molecular formula is C12H14F2N4O. The first-order chi connectivity index (χ1) is 8.99. The summed E-state index contributed by atoms with van der Waals surface area (Å²) in [6, 6.07) is 3.84. The molecule has 2 aromatic rings. The molecule has 0 bridgehead atoms. The van der Waals surface area contributed by atoms with Crippen LogP contribution in [0.15, 0.2) is 24.5 Å². The molecule has 0 aromatic carbocycles. The van der Waals surface area contributed by atoms with E-state index in [1.54, 1.807) is 0 Å². The summed E-state index contributed by atoms with van der Waals surface area (Å²) in [5.41, 5.74) is 2.13. The van der Waals surface area contributed by atoms with Gasteiger partial charge in [-0.2, -0.15) is 13.9 Å². The van der Waals surface area contributed by atoms with E-state index in [2.05, 4.69) is 10.4 Å². The molecule has 0 spiro atoms. The average molecular weight is 268 g/mol. The first-order valence-electron chi connectivity index (χ1n) is 5.70. The molecule has 7 heteroatoms. The lowest BCUT2D eigenvalue weighted by Gasteiger charge is -2.06. The fourth-order valence-corrected chi connectivity index (χ4v) is 1.68. The topological polar surface area (TPSA) is 51.9 Å². The molecule has 2 aromatic heterocycles. The van der Waals surface area contributed by atoms with Crippen LogP contribution in [0.5, 0.6) is 0 Å². The molecule has 0 saturated carbocycles. The second kappa shape index (κ2) is 5.21. The lowest BCUT2D eigenvalue weighted by molar-refractivity contribution is 0.0565. The molecule has 0 unspecified atom stereocenters. The molecule has 0 aliphatic heterocycles. The van der Waals surface area contributed by atoms with Crippen molar-refractivity contribution in [3.05, 3.63) is 41.5 Å². The molecule has 0 aliphatic carbocycles. The van der Waals surface area contributed by atoms with Crippen LogP contribution in [0.4, 0.5) is 8.78 Å². The third-order valence-electron chi connectivity index (χ3n) is 2.97. The molecular weight excluding hydrogens is 254 g/mol. The highest BCUT2D eigenvalue weighted by Gasteiger charge is 2.13. The van der Waals surface area contributed by atoms with Gasteiger partial charge >= 0.3 is 6.55 Å². The van der Waals surface area contributed by atoms with Crippen molar-refractivity contribution in [1.29, 1.82) is 0 Å². The Kier molecular flexibility index (Phi) is 3.64. The van der Waals surface area contributed by atoms with E-state index < -0.39 is 12.5 Å². The highest BCUT2D eigenvalue weighted by molar-refractivity contribution is 5.93. The van der Waals surface area contributed by atoms with Gasteiger partial charge in [0, 0.05) is 24.6 Å². The van der Waals surface area contributed by atoms with E-state index >= 15 is 0 Å². The Labute approximate surface area is 108 Å². The van der Waals surface area contributed by atoms with E-state index in [1.165, 1.54) is 0 Å². The number of hydrogen-bond donors (Lipinski definition) is 1. The molecule has 102 valence electrons. The average Bonchev–Trinajstić information content (AvgIpc) is 2.97. The number of carbonyl (C=O) groups excluding carboxylic acids is 1. The molecule has 1 N–H and O–H groups in total. The maximum Gasteiger partial charge on any atom is 0.333 e. The molecule has 2 rings (SSSR count). The van der Waals surface area contributed by atoms with Gasteiger partial charge in [-0.3, -0.25) is 4.79 Å². The summed E-state index contributed by atoms with van der Waals surface area (Å²) >= 11 is 0. The number of aryl methyl sites for hydroxylation is 1. The Morgan fingerprint density at radius 1 is 1.47 bits per heavy atom. The van der Waals surface area contributed by atoms with Gasteiger partial charge in [-0.15, -0.1) is 0 Å². The summed E-state index contributed by atoms with van der Waals surface area (Å²) in [5, 5.41) is 6.08. The monoisotopic (exact) mass is 268 g/mol. The van der Waals surface area contributed by atoms with Gasteiger partial charge in [0.15, 0.2) is 0 Å². The highest BCUT2D eigenvalue weighted by atomic mass is 19.3. The van der Waals surface area contributed by atoms with Crippen LogP contribution in [0.25, 0.3) is 0 Å². The molecule has 2 heterocycles. The van der Waals surface area contributed by atoms with Crippen LogP contribution in [-0.2, 0) is 13.6 Å². The lowest BCUT2D eigenvalue weighted by atomic mass is 10.3. The van der Waals surface area contributed by atoms with E-state index in [0.717, 1.165) is 23.8 Å². The molecule has 19 heavy (non-hydrogen) atoms. The lowest BCUT2D eigenvalue weighted by Crippen LogP contribution is -2.23. The van der Waals surface area contributed by atoms with E-state index in [9.17, 15) is 13.6 Å². The van der Waals surface area contributed by atoms with Crippen molar-refractivity contribution in [1.82, 2.24) is 19.7 Å². The summed E-state index contributed by atoms with van der Waals surface area (Å²) in [6.45, 7) is -0.446. The van der Waals surface area contributed by atoms with Gasteiger partial charge in [0.05, 0.1) is 18.3 Å². The van der Waals surface area contributed by atoms with Crippen molar-refractivity contribution in [2.24, 2.45) is 7.05 Å². The largest absolute Gasteiger partial charge is 0.350 e. The summed E-state index contributed by atoms with van der Waals surface area (Å²) in [5.74, 6) is -0.425. The van der Waals surface area contributed by atoms with E-state index in [-0.39, 0.29) is 5.56 Å². The number of rotatable bonds is 4. The zero-order valence-electron chi connectivity index (χ0n) is 10.6. The van der Waals surface area contributed by atoms with E-state index in [4.69, 9.17) is 0 Å². The van der Waals surface area contributed by atoms with Gasteiger partial charge < -0.3 is 9.88 Å². The molecule has 5 nitrogen and oxygen atoms in total. The van der Waals surface area contributed by atoms with Crippen LogP contribution in [-0.4, -0.2) is 20.3 Å². The number of nitrogens with zero attached hydrogens (tertiary/aromatic N) is 3. The highest BCUT2D eigenvalue weighted by Crippen LogP contribution is 2.10. The van der Waals surface area contributed by atoms with E-state index in [1.807, 2.05) is 30.7 Å². The standard InChI is InChI=1S/C12H14F2N4O/c1-8-3-4-10(17(8)2)6-15-11(19)9-5-16-18(7-9)12(13)14/h3-5,7,12H,6H2,1-2H3,(H,15,19). The minimum absolute atomic E-state index is 0.117. The van der Waals surface area contributed by atoms with Gasteiger partial charge in [-0.05, 0) is 19.1 Å². The van der Waals surface area contributed by atoms with Gasteiger partial charge in [-0.25, -0.2) is 4.68 Å². The van der Waals surface area contributed by atoms with Crippen LogP contribution in [0, 0.1) is 6.92 Å². The number of carbonyl (C=O) groups is 1. The maximum atomic E-state index is 12.3. The number of alkyl halides is 2. The molecule has 0 atom stereocenters. The fourth-order valence-electron chi connectivity index (χ4n) is 1.68. The minimum atomic E-state index is -2.74. The van der Waals surface area contributed by atoms with Crippen LogP contribution in [0.2, 0.25) is 0 Å². The molecule has 0 aliphatic rings. The first-order valence-corrected chi connectivity index (χ1v) is 5.70. The predicted molar refractivity (Wildman–Crippen MR) is 64.8 cm³/mol. The van der Waals surface area contributed by atoms with Gasteiger partial charge in [-0.1, -0.05) is 0 Å². The molecule has 0 saturated heterocycles. The van der Waals surface area contributed by atoms with Crippen molar-refractivity contribution < 1.29 is 13.6 Å². The first kappa shape index (κ1) is 13.3. The zero-order valence-corrected chi connectivity index (χ0v) is 10.6. The third kappa shape index (κ3) is 2.81. The summed E-state index contributed by atoms with van der Waals surface area (Å²) in [6.07, 6.45) is 2.15.